The van der Waals surface area contributed by atoms with Crippen molar-refractivity contribution >= 4 is 11.9 Å². The summed E-state index contributed by atoms with van der Waals surface area (Å²) in [6, 6.07) is -0.0302. The molecule has 1 unspecified atom stereocenters. The van der Waals surface area contributed by atoms with E-state index in [9.17, 15) is 9.59 Å². The molecule has 0 radical (unpaired) electrons. The molecular weight excluding hydrogens is 254 g/mol. The van der Waals surface area contributed by atoms with Crippen LogP contribution >= 0.6 is 0 Å². The minimum absolute atomic E-state index is 0.0302. The molecule has 1 aliphatic rings. The van der Waals surface area contributed by atoms with Crippen LogP contribution in [0.15, 0.2) is 0 Å². The molecule has 1 N–H and O–H groups in total. The van der Waals surface area contributed by atoms with Crippen LogP contribution in [0.3, 0.4) is 0 Å². The van der Waals surface area contributed by atoms with E-state index in [1.165, 1.54) is 19.3 Å². The largest absolute Gasteiger partial charge is 0.444 e. The van der Waals surface area contributed by atoms with E-state index >= 15 is 0 Å². The summed E-state index contributed by atoms with van der Waals surface area (Å²) in [5.41, 5.74) is -0.484. The number of hydrogen-bond donors (Lipinski definition) is 1. The number of Topliss-reactive ketones (excluding diaryl/α,β-unsaturated/α-hetero) is 1. The summed E-state index contributed by atoms with van der Waals surface area (Å²) in [5.74, 6) is 0.625. The van der Waals surface area contributed by atoms with Gasteiger partial charge < -0.3 is 10.1 Å². The number of nitrogens with one attached hydrogen (secondary N) is 1. The quantitative estimate of drug-likeness (QED) is 0.834. The third-order valence-corrected chi connectivity index (χ3v) is 3.65. The van der Waals surface area contributed by atoms with Gasteiger partial charge in [-0.3, -0.25) is 4.79 Å². The standard InChI is InChI=1S/C16H29NO3/c1-12(17-15(19)20-16(2,3)4)10-11-14(18)13-8-6-5-7-9-13/h12-13H,5-11H2,1-4H3,(H,17,19). The smallest absolute Gasteiger partial charge is 0.407 e. The van der Waals surface area contributed by atoms with Gasteiger partial charge in [-0.2, -0.15) is 0 Å². The zero-order valence-electron chi connectivity index (χ0n) is 13.3. The topological polar surface area (TPSA) is 55.4 Å². The molecule has 4 nitrogen and oxygen atoms in total. The van der Waals surface area contributed by atoms with Crippen molar-refractivity contribution < 1.29 is 14.3 Å². The third kappa shape index (κ3) is 6.92. The van der Waals surface area contributed by atoms with Gasteiger partial charge in [0.25, 0.3) is 0 Å². The van der Waals surface area contributed by atoms with E-state index in [1.54, 1.807) is 0 Å². The molecule has 1 atom stereocenters. The van der Waals surface area contributed by atoms with Gasteiger partial charge in [0.15, 0.2) is 0 Å². The van der Waals surface area contributed by atoms with Crippen LogP contribution in [0.5, 0.6) is 0 Å². The summed E-state index contributed by atoms with van der Waals surface area (Å²) in [7, 11) is 0. The van der Waals surface area contributed by atoms with Crippen molar-refractivity contribution in [3.05, 3.63) is 0 Å². The van der Waals surface area contributed by atoms with Gasteiger partial charge >= 0.3 is 6.09 Å². The molecule has 0 aromatic heterocycles. The predicted octanol–water partition coefficient (Wildman–Crippen LogP) is 3.83. The number of ether oxygens (including phenoxy) is 1. The summed E-state index contributed by atoms with van der Waals surface area (Å²) in [4.78, 5) is 23.7. The summed E-state index contributed by atoms with van der Waals surface area (Å²) < 4.78 is 5.20. The number of amides is 1. The minimum atomic E-state index is -0.484. The highest BCUT2D eigenvalue weighted by Gasteiger charge is 2.22. The maximum Gasteiger partial charge on any atom is 0.407 e. The lowest BCUT2D eigenvalue weighted by atomic mass is 9.84. The average Bonchev–Trinajstić information content (AvgIpc) is 2.34. The first-order valence-electron chi connectivity index (χ1n) is 7.80. The Hall–Kier alpha value is -1.06. The highest BCUT2D eigenvalue weighted by atomic mass is 16.6. The normalized spacial score (nSPS) is 18.4. The van der Waals surface area contributed by atoms with E-state index in [2.05, 4.69) is 5.32 Å². The van der Waals surface area contributed by atoms with Crippen molar-refractivity contribution in [3.8, 4) is 0 Å². The second-order valence-electron chi connectivity index (χ2n) is 6.89. The van der Waals surface area contributed by atoms with E-state index in [0.717, 1.165) is 12.8 Å². The van der Waals surface area contributed by atoms with Crippen LogP contribution in [0.4, 0.5) is 4.79 Å². The van der Waals surface area contributed by atoms with E-state index in [4.69, 9.17) is 4.74 Å². The molecule has 20 heavy (non-hydrogen) atoms. The lowest BCUT2D eigenvalue weighted by molar-refractivity contribution is -0.124. The number of ketones is 1. The second kappa shape index (κ2) is 7.65. The van der Waals surface area contributed by atoms with Crippen LogP contribution in [0.1, 0.15) is 72.6 Å². The van der Waals surface area contributed by atoms with Gasteiger partial charge in [-0.25, -0.2) is 4.79 Å². The maximum absolute atomic E-state index is 12.1. The molecule has 4 heteroatoms. The zero-order valence-corrected chi connectivity index (χ0v) is 13.3. The molecule has 1 saturated carbocycles. The Morgan fingerprint density at radius 1 is 1.20 bits per heavy atom. The van der Waals surface area contributed by atoms with Crippen molar-refractivity contribution in [2.45, 2.75) is 84.3 Å². The van der Waals surface area contributed by atoms with Gasteiger partial charge in [0.05, 0.1) is 0 Å². The fourth-order valence-corrected chi connectivity index (χ4v) is 2.57. The van der Waals surface area contributed by atoms with Gasteiger partial charge in [0.1, 0.15) is 11.4 Å². The van der Waals surface area contributed by atoms with Gasteiger partial charge in [-0.1, -0.05) is 19.3 Å². The average molecular weight is 283 g/mol. The second-order valence-corrected chi connectivity index (χ2v) is 6.89. The maximum atomic E-state index is 12.1. The molecule has 1 fully saturated rings. The first-order chi connectivity index (χ1) is 9.28. The number of alkyl carbamates (subject to hydrolysis) is 1. The van der Waals surface area contributed by atoms with Crippen LogP contribution in [-0.2, 0) is 9.53 Å². The Morgan fingerprint density at radius 2 is 1.80 bits per heavy atom. The molecule has 0 aromatic carbocycles. The molecular formula is C16H29NO3. The molecule has 0 aromatic rings. The first kappa shape index (κ1) is 17.0. The Bertz CT molecular complexity index is 327. The van der Waals surface area contributed by atoms with Crippen molar-refractivity contribution in [2.24, 2.45) is 5.92 Å². The Labute approximate surface area is 122 Å². The van der Waals surface area contributed by atoms with Crippen LogP contribution in [0, 0.1) is 5.92 Å². The molecule has 116 valence electrons. The lowest BCUT2D eigenvalue weighted by Crippen LogP contribution is -2.38. The van der Waals surface area contributed by atoms with Gasteiger partial charge in [0, 0.05) is 18.4 Å². The fraction of sp³-hybridized carbons (Fsp3) is 0.875. The SMILES string of the molecule is CC(CCC(=O)C1CCCCC1)NC(=O)OC(C)(C)C. The lowest BCUT2D eigenvalue weighted by Gasteiger charge is -2.23. The van der Waals surface area contributed by atoms with E-state index in [1.807, 2.05) is 27.7 Å². The summed E-state index contributed by atoms with van der Waals surface area (Å²) in [5, 5.41) is 2.78. The van der Waals surface area contributed by atoms with Crippen LogP contribution in [0.2, 0.25) is 0 Å². The first-order valence-corrected chi connectivity index (χ1v) is 7.80. The van der Waals surface area contributed by atoms with Gasteiger partial charge in [0.2, 0.25) is 0 Å². The Balaban J connectivity index is 2.23. The molecule has 0 aliphatic heterocycles. The van der Waals surface area contributed by atoms with Gasteiger partial charge in [-0.15, -0.1) is 0 Å². The van der Waals surface area contributed by atoms with E-state index in [0.29, 0.717) is 18.6 Å². The van der Waals surface area contributed by atoms with E-state index < -0.39 is 11.7 Å². The molecule has 0 bridgehead atoms. The van der Waals surface area contributed by atoms with E-state index in [-0.39, 0.29) is 12.0 Å². The summed E-state index contributed by atoms with van der Waals surface area (Å²) in [6.07, 6.45) is 6.57. The number of rotatable bonds is 5. The van der Waals surface area contributed by atoms with Crippen molar-refractivity contribution in [1.82, 2.24) is 5.32 Å². The molecule has 0 heterocycles. The summed E-state index contributed by atoms with van der Waals surface area (Å²) >= 11 is 0. The monoisotopic (exact) mass is 283 g/mol. The fourth-order valence-electron chi connectivity index (χ4n) is 2.57. The zero-order chi connectivity index (χ0) is 15.2. The summed E-state index contributed by atoms with van der Waals surface area (Å²) in [6.45, 7) is 7.43. The Kier molecular flexibility index (Phi) is 6.50. The third-order valence-electron chi connectivity index (χ3n) is 3.65. The highest BCUT2D eigenvalue weighted by molar-refractivity contribution is 5.81. The van der Waals surface area contributed by atoms with Crippen molar-refractivity contribution in [1.29, 1.82) is 0 Å². The van der Waals surface area contributed by atoms with Crippen LogP contribution < -0.4 is 5.32 Å². The minimum Gasteiger partial charge on any atom is -0.444 e. The number of carbonyl (C=O) groups excluding carboxylic acids is 2. The molecule has 1 amide bonds. The van der Waals surface area contributed by atoms with Gasteiger partial charge in [-0.05, 0) is 47.0 Å². The molecule has 0 spiro atoms. The predicted molar refractivity (Wildman–Crippen MR) is 79.6 cm³/mol. The number of carbonyl (C=O) groups is 2. The van der Waals surface area contributed by atoms with Crippen LogP contribution in [0.25, 0.3) is 0 Å². The Morgan fingerprint density at radius 3 is 2.35 bits per heavy atom. The molecule has 0 saturated heterocycles. The molecule has 1 rings (SSSR count). The van der Waals surface area contributed by atoms with Crippen molar-refractivity contribution in [3.63, 3.8) is 0 Å². The number of hydrogen-bond acceptors (Lipinski definition) is 3. The molecule has 1 aliphatic carbocycles. The highest BCUT2D eigenvalue weighted by Crippen LogP contribution is 2.25. The van der Waals surface area contributed by atoms with Crippen molar-refractivity contribution in [2.75, 3.05) is 0 Å². The van der Waals surface area contributed by atoms with Crippen LogP contribution in [-0.4, -0.2) is 23.5 Å².